The summed E-state index contributed by atoms with van der Waals surface area (Å²) >= 11 is 0. The summed E-state index contributed by atoms with van der Waals surface area (Å²) in [6, 6.07) is 3.71. The van der Waals surface area contributed by atoms with Gasteiger partial charge in [0, 0.05) is 38.8 Å². The van der Waals surface area contributed by atoms with Crippen LogP contribution in [0.15, 0.2) is 32.3 Å². The highest BCUT2D eigenvalue weighted by Gasteiger charge is 2.38. The van der Waals surface area contributed by atoms with E-state index in [0.717, 1.165) is 13.1 Å². The Hall–Kier alpha value is -1.73. The number of hydrogen-bond acceptors (Lipinski definition) is 8. The summed E-state index contributed by atoms with van der Waals surface area (Å²) in [7, 11) is -5.69. The molecular formula is C19H27N3O7S2. The molecular weight excluding hydrogens is 446 g/mol. The lowest BCUT2D eigenvalue weighted by molar-refractivity contribution is 0.0367. The molecule has 0 aliphatic carbocycles. The summed E-state index contributed by atoms with van der Waals surface area (Å²) in [5.41, 5.74) is 0.673. The first-order chi connectivity index (χ1) is 14.7. The van der Waals surface area contributed by atoms with Gasteiger partial charge in [-0.15, -0.1) is 0 Å². The number of aromatic nitrogens is 1. The highest BCUT2D eigenvalue weighted by molar-refractivity contribution is 7.92. The fourth-order valence-corrected chi connectivity index (χ4v) is 7.72. The van der Waals surface area contributed by atoms with E-state index in [1.807, 2.05) is 0 Å². The van der Waals surface area contributed by atoms with Gasteiger partial charge in [-0.2, -0.15) is 4.31 Å². The number of nitrogens with zero attached hydrogens (tertiary/aromatic N) is 3. The Balaban J connectivity index is 1.60. The SMILES string of the molecule is Cn1c(=O)oc2cc(S(=O)(=O)N(CCCN3CCOCC3)C3CCS(=O)(=O)C3)ccc21. The first-order valence-corrected chi connectivity index (χ1v) is 13.6. The average molecular weight is 474 g/mol. The van der Waals surface area contributed by atoms with Crippen LogP contribution in [0.4, 0.5) is 0 Å². The molecule has 31 heavy (non-hydrogen) atoms. The Labute approximate surface area is 181 Å². The smallest absolute Gasteiger partial charge is 0.408 e. The van der Waals surface area contributed by atoms with Crippen LogP contribution in [-0.2, 0) is 31.6 Å². The molecule has 2 saturated heterocycles. The summed E-state index contributed by atoms with van der Waals surface area (Å²) in [6.45, 7) is 3.84. The largest absolute Gasteiger partial charge is 0.419 e. The van der Waals surface area contributed by atoms with Crippen LogP contribution in [-0.4, -0.2) is 87.5 Å². The van der Waals surface area contributed by atoms with Gasteiger partial charge in [0.1, 0.15) is 0 Å². The van der Waals surface area contributed by atoms with E-state index < -0.39 is 31.7 Å². The highest BCUT2D eigenvalue weighted by Crippen LogP contribution is 2.27. The Kier molecular flexibility index (Phi) is 6.28. The van der Waals surface area contributed by atoms with Crippen LogP contribution in [0.5, 0.6) is 0 Å². The standard InChI is InChI=1S/C19H27N3O7S2/c1-20-17-4-3-16(13-18(17)29-19(20)23)31(26,27)22(15-5-12-30(24,25)14-15)7-2-6-21-8-10-28-11-9-21/h3-4,13,15H,2,5-12,14H2,1H3. The minimum absolute atomic E-state index is 0.00924. The molecule has 2 fully saturated rings. The van der Waals surface area contributed by atoms with Crippen molar-refractivity contribution >= 4 is 31.0 Å². The van der Waals surface area contributed by atoms with Gasteiger partial charge >= 0.3 is 5.76 Å². The van der Waals surface area contributed by atoms with E-state index >= 15 is 0 Å². The zero-order valence-corrected chi connectivity index (χ0v) is 19.0. The van der Waals surface area contributed by atoms with Gasteiger partial charge in [-0.3, -0.25) is 9.47 Å². The van der Waals surface area contributed by atoms with Gasteiger partial charge in [0.2, 0.25) is 10.0 Å². The van der Waals surface area contributed by atoms with Crippen molar-refractivity contribution in [2.75, 3.05) is 50.9 Å². The van der Waals surface area contributed by atoms with Crippen LogP contribution in [0.1, 0.15) is 12.8 Å². The predicted octanol–water partition coefficient (Wildman–Crippen LogP) is 0.0316. The van der Waals surface area contributed by atoms with Gasteiger partial charge < -0.3 is 9.15 Å². The van der Waals surface area contributed by atoms with E-state index in [2.05, 4.69) is 4.90 Å². The molecule has 1 atom stereocenters. The number of hydrogen-bond donors (Lipinski definition) is 0. The van der Waals surface area contributed by atoms with E-state index in [-0.39, 0.29) is 34.9 Å². The molecule has 2 aliphatic heterocycles. The summed E-state index contributed by atoms with van der Waals surface area (Å²) in [4.78, 5) is 14.0. The van der Waals surface area contributed by atoms with Crippen molar-refractivity contribution in [1.82, 2.24) is 13.8 Å². The van der Waals surface area contributed by atoms with E-state index in [1.165, 1.54) is 27.1 Å². The number of sulfonamides is 1. The average Bonchev–Trinajstić information content (AvgIpc) is 3.23. The monoisotopic (exact) mass is 473 g/mol. The van der Waals surface area contributed by atoms with Gasteiger partial charge in [-0.1, -0.05) is 0 Å². The lowest BCUT2D eigenvalue weighted by atomic mass is 10.2. The molecule has 2 aromatic rings. The summed E-state index contributed by atoms with van der Waals surface area (Å²) < 4.78 is 64.2. The molecule has 0 radical (unpaired) electrons. The van der Waals surface area contributed by atoms with Crippen molar-refractivity contribution in [3.8, 4) is 0 Å². The number of sulfone groups is 1. The normalized spacial score (nSPS) is 22.5. The van der Waals surface area contributed by atoms with Crippen LogP contribution in [0.25, 0.3) is 11.1 Å². The fraction of sp³-hybridized carbons (Fsp3) is 0.632. The molecule has 10 nitrogen and oxygen atoms in total. The Morgan fingerprint density at radius 2 is 1.97 bits per heavy atom. The van der Waals surface area contributed by atoms with E-state index in [9.17, 15) is 21.6 Å². The minimum Gasteiger partial charge on any atom is -0.408 e. The summed E-state index contributed by atoms with van der Waals surface area (Å²) in [6.07, 6.45) is 0.861. The first-order valence-electron chi connectivity index (χ1n) is 10.3. The molecule has 0 amide bonds. The third-order valence-electron chi connectivity index (χ3n) is 5.94. The first kappa shape index (κ1) is 22.5. The van der Waals surface area contributed by atoms with Gasteiger partial charge in [0.05, 0.1) is 35.1 Å². The second-order valence-electron chi connectivity index (χ2n) is 8.04. The van der Waals surface area contributed by atoms with E-state index in [4.69, 9.17) is 9.15 Å². The maximum Gasteiger partial charge on any atom is 0.419 e. The zero-order valence-electron chi connectivity index (χ0n) is 17.4. The maximum atomic E-state index is 13.5. The predicted molar refractivity (Wildman–Crippen MR) is 114 cm³/mol. The zero-order chi connectivity index (χ0) is 22.2. The molecule has 3 heterocycles. The van der Waals surface area contributed by atoms with Crippen molar-refractivity contribution in [3.63, 3.8) is 0 Å². The molecule has 2 aliphatic rings. The molecule has 4 rings (SSSR count). The third-order valence-corrected chi connectivity index (χ3v) is 9.64. The van der Waals surface area contributed by atoms with E-state index in [0.29, 0.717) is 31.7 Å². The Morgan fingerprint density at radius 3 is 2.65 bits per heavy atom. The molecule has 0 bridgehead atoms. The number of benzene rings is 1. The van der Waals surface area contributed by atoms with E-state index in [1.54, 1.807) is 7.05 Å². The van der Waals surface area contributed by atoms with Gasteiger partial charge in [0.15, 0.2) is 15.4 Å². The molecule has 172 valence electrons. The Bertz CT molecular complexity index is 1210. The topological polar surface area (TPSA) is 119 Å². The number of oxazole rings is 1. The molecule has 1 unspecified atom stereocenters. The van der Waals surface area contributed by atoms with Crippen molar-refractivity contribution in [2.45, 2.75) is 23.8 Å². The van der Waals surface area contributed by atoms with Gasteiger partial charge in [-0.25, -0.2) is 21.6 Å². The molecule has 0 spiro atoms. The lowest BCUT2D eigenvalue weighted by Crippen LogP contribution is -2.43. The third kappa shape index (κ3) is 4.72. The lowest BCUT2D eigenvalue weighted by Gasteiger charge is -2.30. The van der Waals surface area contributed by atoms with Crippen LogP contribution < -0.4 is 5.76 Å². The second-order valence-corrected chi connectivity index (χ2v) is 12.2. The van der Waals surface area contributed by atoms with Gasteiger partial charge in [0.25, 0.3) is 0 Å². The van der Waals surface area contributed by atoms with Crippen molar-refractivity contribution in [2.24, 2.45) is 7.05 Å². The number of ether oxygens (including phenoxy) is 1. The number of morpholine rings is 1. The molecule has 12 heteroatoms. The molecule has 1 aromatic carbocycles. The van der Waals surface area contributed by atoms with Crippen molar-refractivity contribution in [1.29, 1.82) is 0 Å². The second kappa shape index (κ2) is 8.66. The maximum absolute atomic E-state index is 13.5. The number of fused-ring (bicyclic) bond motifs is 1. The van der Waals surface area contributed by atoms with Crippen LogP contribution in [0.2, 0.25) is 0 Å². The quantitative estimate of drug-likeness (QED) is 0.553. The minimum atomic E-state index is -3.98. The van der Waals surface area contributed by atoms with Crippen molar-refractivity contribution < 1.29 is 26.0 Å². The molecule has 0 saturated carbocycles. The summed E-state index contributed by atoms with van der Waals surface area (Å²) in [5.74, 6) is -0.763. The van der Waals surface area contributed by atoms with Crippen LogP contribution >= 0.6 is 0 Å². The van der Waals surface area contributed by atoms with Gasteiger partial charge in [-0.05, 0) is 31.5 Å². The number of aryl methyl sites for hydroxylation is 1. The Morgan fingerprint density at radius 1 is 1.23 bits per heavy atom. The molecule has 0 N–H and O–H groups in total. The number of rotatable bonds is 7. The fourth-order valence-electron chi connectivity index (χ4n) is 4.19. The summed E-state index contributed by atoms with van der Waals surface area (Å²) in [5, 5.41) is 0. The highest BCUT2D eigenvalue weighted by atomic mass is 32.2. The van der Waals surface area contributed by atoms with Crippen LogP contribution in [0, 0.1) is 0 Å². The molecule has 1 aromatic heterocycles. The van der Waals surface area contributed by atoms with Crippen LogP contribution in [0.3, 0.4) is 0 Å². The van der Waals surface area contributed by atoms with Crippen molar-refractivity contribution in [3.05, 3.63) is 28.7 Å².